The van der Waals surface area contributed by atoms with Gasteiger partial charge in [-0.3, -0.25) is 9.69 Å². The number of piperidine rings is 1. The first kappa shape index (κ1) is 18.4. The van der Waals surface area contributed by atoms with Crippen molar-refractivity contribution in [3.05, 3.63) is 29.3 Å². The van der Waals surface area contributed by atoms with Crippen molar-refractivity contribution in [3.8, 4) is 0 Å². The monoisotopic (exact) mass is 346 g/mol. The summed E-state index contributed by atoms with van der Waals surface area (Å²) in [4.78, 5) is 14.5. The summed E-state index contributed by atoms with van der Waals surface area (Å²) in [5, 5.41) is 3.03. The summed E-state index contributed by atoms with van der Waals surface area (Å²) in [6, 6.07) is 6.10. The van der Waals surface area contributed by atoms with E-state index < -0.39 is 0 Å². The molecule has 2 heterocycles. The van der Waals surface area contributed by atoms with Gasteiger partial charge in [-0.15, -0.1) is 0 Å². The molecule has 0 radical (unpaired) electrons. The Morgan fingerprint density at radius 1 is 1.28 bits per heavy atom. The van der Waals surface area contributed by atoms with Crippen LogP contribution in [0.1, 0.15) is 36.8 Å². The van der Waals surface area contributed by atoms with Crippen molar-refractivity contribution in [2.24, 2.45) is 0 Å². The van der Waals surface area contributed by atoms with Gasteiger partial charge in [-0.05, 0) is 51.2 Å². The average Bonchev–Trinajstić information content (AvgIpc) is 3.10. The Morgan fingerprint density at radius 2 is 2.08 bits per heavy atom. The molecule has 1 atom stereocenters. The van der Waals surface area contributed by atoms with E-state index in [0.717, 1.165) is 63.2 Å². The molecular formula is C20H30N2O3. The molecule has 0 saturated carbocycles. The first-order chi connectivity index (χ1) is 12.1. The van der Waals surface area contributed by atoms with Crippen LogP contribution in [0.4, 0.5) is 5.69 Å². The van der Waals surface area contributed by atoms with Gasteiger partial charge in [0.15, 0.2) is 0 Å². The van der Waals surface area contributed by atoms with E-state index in [4.69, 9.17) is 9.47 Å². The Labute approximate surface area is 150 Å². The van der Waals surface area contributed by atoms with Gasteiger partial charge in [0.2, 0.25) is 5.91 Å². The average molecular weight is 346 g/mol. The molecule has 0 spiro atoms. The maximum atomic E-state index is 12.3. The van der Waals surface area contributed by atoms with E-state index in [9.17, 15) is 4.79 Å². The Balaban J connectivity index is 1.37. The third-order valence-corrected chi connectivity index (χ3v) is 5.10. The largest absolute Gasteiger partial charge is 0.376 e. The van der Waals surface area contributed by atoms with Gasteiger partial charge in [0, 0.05) is 25.4 Å². The Morgan fingerprint density at radius 3 is 2.76 bits per heavy atom. The van der Waals surface area contributed by atoms with Crippen LogP contribution in [0, 0.1) is 13.8 Å². The minimum atomic E-state index is 0.0608. The van der Waals surface area contributed by atoms with Crippen LogP contribution in [0.2, 0.25) is 0 Å². The number of carbonyl (C=O) groups excluding carboxylic acids is 1. The maximum Gasteiger partial charge on any atom is 0.238 e. The molecule has 1 N–H and O–H groups in total. The predicted molar refractivity (Wildman–Crippen MR) is 98.9 cm³/mol. The number of benzene rings is 1. The molecule has 5 heteroatoms. The smallest absolute Gasteiger partial charge is 0.238 e. The lowest BCUT2D eigenvalue weighted by Crippen LogP contribution is -2.41. The van der Waals surface area contributed by atoms with Crippen molar-refractivity contribution in [1.82, 2.24) is 4.90 Å². The molecule has 138 valence electrons. The van der Waals surface area contributed by atoms with Crippen LogP contribution in [-0.2, 0) is 14.3 Å². The van der Waals surface area contributed by atoms with Crippen molar-refractivity contribution < 1.29 is 14.3 Å². The second kappa shape index (κ2) is 8.79. The number of carbonyl (C=O) groups is 1. The highest BCUT2D eigenvalue weighted by molar-refractivity contribution is 5.93. The number of nitrogens with one attached hydrogen (secondary N) is 1. The molecule has 0 aromatic heterocycles. The van der Waals surface area contributed by atoms with E-state index >= 15 is 0 Å². The number of ether oxygens (including phenoxy) is 2. The van der Waals surface area contributed by atoms with Crippen LogP contribution in [0.25, 0.3) is 0 Å². The maximum absolute atomic E-state index is 12.3. The summed E-state index contributed by atoms with van der Waals surface area (Å²) >= 11 is 0. The number of rotatable bonds is 6. The van der Waals surface area contributed by atoms with Gasteiger partial charge in [-0.2, -0.15) is 0 Å². The quantitative estimate of drug-likeness (QED) is 0.860. The summed E-state index contributed by atoms with van der Waals surface area (Å²) in [6.45, 7) is 7.96. The molecule has 1 aromatic rings. The van der Waals surface area contributed by atoms with Gasteiger partial charge in [0.1, 0.15) is 0 Å². The zero-order chi connectivity index (χ0) is 17.6. The highest BCUT2D eigenvalue weighted by atomic mass is 16.5. The zero-order valence-electron chi connectivity index (χ0n) is 15.4. The molecule has 0 unspecified atom stereocenters. The summed E-state index contributed by atoms with van der Waals surface area (Å²) in [6.07, 6.45) is 4.86. The molecule has 25 heavy (non-hydrogen) atoms. The lowest BCUT2D eigenvalue weighted by atomic mass is 10.1. The Hall–Kier alpha value is -1.43. The van der Waals surface area contributed by atoms with E-state index in [1.807, 2.05) is 19.1 Å². The minimum Gasteiger partial charge on any atom is -0.376 e. The molecular weight excluding hydrogens is 316 g/mol. The lowest BCUT2D eigenvalue weighted by Gasteiger charge is -2.31. The van der Waals surface area contributed by atoms with E-state index in [-0.39, 0.29) is 5.91 Å². The van der Waals surface area contributed by atoms with Gasteiger partial charge in [-0.1, -0.05) is 17.7 Å². The van der Waals surface area contributed by atoms with Crippen LogP contribution >= 0.6 is 0 Å². The van der Waals surface area contributed by atoms with Crippen LogP contribution in [-0.4, -0.2) is 55.9 Å². The van der Waals surface area contributed by atoms with Crippen molar-refractivity contribution in [2.45, 2.75) is 51.7 Å². The van der Waals surface area contributed by atoms with E-state index in [1.54, 1.807) is 0 Å². The predicted octanol–water partition coefficient (Wildman–Crippen LogP) is 2.90. The first-order valence-corrected chi connectivity index (χ1v) is 9.43. The summed E-state index contributed by atoms with van der Waals surface area (Å²) in [7, 11) is 0. The number of likely N-dealkylation sites (tertiary alicyclic amines) is 1. The number of hydrogen-bond donors (Lipinski definition) is 1. The van der Waals surface area contributed by atoms with E-state index in [0.29, 0.717) is 18.8 Å². The Bertz CT molecular complexity index is 576. The fraction of sp³-hybridized carbons (Fsp3) is 0.650. The third-order valence-electron chi connectivity index (χ3n) is 5.10. The fourth-order valence-corrected chi connectivity index (χ4v) is 3.60. The summed E-state index contributed by atoms with van der Waals surface area (Å²) in [5.41, 5.74) is 3.22. The van der Waals surface area contributed by atoms with Gasteiger partial charge >= 0.3 is 0 Å². The van der Waals surface area contributed by atoms with Crippen molar-refractivity contribution in [2.75, 3.05) is 38.2 Å². The first-order valence-electron chi connectivity index (χ1n) is 9.43. The molecule has 3 rings (SSSR count). The van der Waals surface area contributed by atoms with Gasteiger partial charge in [0.25, 0.3) is 0 Å². The second-order valence-electron chi connectivity index (χ2n) is 7.31. The molecule has 0 aliphatic carbocycles. The molecule has 2 saturated heterocycles. The van der Waals surface area contributed by atoms with Crippen LogP contribution in [0.15, 0.2) is 18.2 Å². The zero-order valence-corrected chi connectivity index (χ0v) is 15.4. The topological polar surface area (TPSA) is 50.8 Å². The molecule has 0 bridgehead atoms. The fourth-order valence-electron chi connectivity index (χ4n) is 3.60. The van der Waals surface area contributed by atoms with E-state index in [2.05, 4.69) is 23.2 Å². The lowest BCUT2D eigenvalue weighted by molar-refractivity contribution is -0.118. The van der Waals surface area contributed by atoms with E-state index in [1.165, 1.54) is 5.56 Å². The number of anilines is 1. The number of nitrogens with zero attached hydrogens (tertiary/aromatic N) is 1. The SMILES string of the molecule is Cc1ccc(NC(=O)CN2CCC(OC[C@H]3CCCO3)CC2)c(C)c1. The molecule has 1 amide bonds. The third kappa shape index (κ3) is 5.53. The molecule has 5 nitrogen and oxygen atoms in total. The van der Waals surface area contributed by atoms with Crippen molar-refractivity contribution in [3.63, 3.8) is 0 Å². The van der Waals surface area contributed by atoms with Crippen LogP contribution < -0.4 is 5.32 Å². The summed E-state index contributed by atoms with van der Waals surface area (Å²) < 4.78 is 11.6. The van der Waals surface area contributed by atoms with Gasteiger partial charge in [0.05, 0.1) is 25.4 Å². The molecule has 2 aliphatic heterocycles. The highest BCUT2D eigenvalue weighted by Gasteiger charge is 2.23. The second-order valence-corrected chi connectivity index (χ2v) is 7.31. The number of amides is 1. The molecule has 2 fully saturated rings. The Kier molecular flexibility index (Phi) is 6.45. The van der Waals surface area contributed by atoms with Crippen molar-refractivity contribution >= 4 is 11.6 Å². The molecule has 2 aliphatic rings. The summed E-state index contributed by atoms with van der Waals surface area (Å²) in [5.74, 6) is 0.0608. The number of hydrogen-bond acceptors (Lipinski definition) is 4. The van der Waals surface area contributed by atoms with Crippen LogP contribution in [0.5, 0.6) is 0 Å². The van der Waals surface area contributed by atoms with Crippen molar-refractivity contribution in [1.29, 1.82) is 0 Å². The van der Waals surface area contributed by atoms with Gasteiger partial charge < -0.3 is 14.8 Å². The number of aryl methyl sites for hydroxylation is 2. The molecule has 1 aromatic carbocycles. The minimum absolute atomic E-state index is 0.0608. The normalized spacial score (nSPS) is 22.2. The van der Waals surface area contributed by atoms with Crippen LogP contribution in [0.3, 0.4) is 0 Å². The van der Waals surface area contributed by atoms with Gasteiger partial charge in [-0.25, -0.2) is 0 Å². The standard InChI is InChI=1S/C20H30N2O3/c1-15-5-6-19(16(2)12-15)21-20(23)13-22-9-7-17(8-10-22)25-14-18-4-3-11-24-18/h5-6,12,17-18H,3-4,7-11,13-14H2,1-2H3,(H,21,23)/t18-/m1/s1. The highest BCUT2D eigenvalue weighted by Crippen LogP contribution is 2.19.